The SMILES string of the molecule is O=C1c2ccccc2NC1C1Oc2ccccc2C1=O. The van der Waals surface area contributed by atoms with Gasteiger partial charge in [0, 0.05) is 11.3 Å². The second-order valence-corrected chi connectivity index (χ2v) is 4.93. The van der Waals surface area contributed by atoms with Gasteiger partial charge in [-0.05, 0) is 24.3 Å². The van der Waals surface area contributed by atoms with Gasteiger partial charge < -0.3 is 10.1 Å². The van der Waals surface area contributed by atoms with Crippen molar-refractivity contribution in [3.63, 3.8) is 0 Å². The van der Waals surface area contributed by atoms with Crippen molar-refractivity contribution in [3.8, 4) is 5.75 Å². The van der Waals surface area contributed by atoms with Gasteiger partial charge >= 0.3 is 0 Å². The highest BCUT2D eigenvalue weighted by Crippen LogP contribution is 2.34. The molecule has 0 aromatic heterocycles. The number of Topliss-reactive ketones (excluding diaryl/α,β-unsaturated/α-hetero) is 2. The normalized spacial score (nSPS) is 23.0. The molecule has 2 heterocycles. The largest absolute Gasteiger partial charge is 0.479 e. The number of benzene rings is 2. The summed E-state index contributed by atoms with van der Waals surface area (Å²) in [7, 11) is 0. The minimum Gasteiger partial charge on any atom is -0.479 e. The fraction of sp³-hybridized carbons (Fsp3) is 0.125. The van der Waals surface area contributed by atoms with Crippen LogP contribution in [0.25, 0.3) is 0 Å². The van der Waals surface area contributed by atoms with Gasteiger partial charge in [-0.1, -0.05) is 24.3 Å². The van der Waals surface area contributed by atoms with E-state index in [0.717, 1.165) is 5.69 Å². The van der Waals surface area contributed by atoms with Crippen molar-refractivity contribution in [1.29, 1.82) is 0 Å². The summed E-state index contributed by atoms with van der Waals surface area (Å²) in [5.74, 6) is 0.319. The van der Waals surface area contributed by atoms with Crippen molar-refractivity contribution < 1.29 is 14.3 Å². The van der Waals surface area contributed by atoms with E-state index in [0.29, 0.717) is 16.9 Å². The predicted molar refractivity (Wildman–Crippen MR) is 73.4 cm³/mol. The van der Waals surface area contributed by atoms with E-state index >= 15 is 0 Å². The van der Waals surface area contributed by atoms with Crippen molar-refractivity contribution in [2.24, 2.45) is 0 Å². The zero-order valence-electron chi connectivity index (χ0n) is 10.5. The number of nitrogens with one attached hydrogen (secondary N) is 1. The molecular weight excluding hydrogens is 254 g/mol. The molecule has 2 unspecified atom stereocenters. The molecule has 4 rings (SSSR count). The third-order valence-corrected chi connectivity index (χ3v) is 3.75. The van der Waals surface area contributed by atoms with Crippen LogP contribution in [0, 0.1) is 0 Å². The number of carbonyl (C=O) groups excluding carboxylic acids is 2. The average molecular weight is 265 g/mol. The average Bonchev–Trinajstić information content (AvgIpc) is 2.98. The topological polar surface area (TPSA) is 55.4 Å². The third-order valence-electron chi connectivity index (χ3n) is 3.75. The zero-order chi connectivity index (χ0) is 13.7. The van der Waals surface area contributed by atoms with Gasteiger partial charge in [0.2, 0.25) is 5.78 Å². The number of ketones is 2. The van der Waals surface area contributed by atoms with Crippen LogP contribution >= 0.6 is 0 Å². The van der Waals surface area contributed by atoms with E-state index in [1.54, 1.807) is 24.3 Å². The van der Waals surface area contributed by atoms with E-state index in [1.165, 1.54) is 0 Å². The second-order valence-electron chi connectivity index (χ2n) is 4.93. The number of para-hydroxylation sites is 2. The fourth-order valence-corrected chi connectivity index (χ4v) is 2.77. The Morgan fingerprint density at radius 2 is 1.55 bits per heavy atom. The number of carbonyl (C=O) groups is 2. The van der Waals surface area contributed by atoms with Crippen LogP contribution in [0.2, 0.25) is 0 Å². The van der Waals surface area contributed by atoms with Crippen LogP contribution in [0.15, 0.2) is 48.5 Å². The molecule has 2 aromatic carbocycles. The van der Waals surface area contributed by atoms with Gasteiger partial charge in [0.25, 0.3) is 0 Å². The zero-order valence-corrected chi connectivity index (χ0v) is 10.5. The Kier molecular flexibility index (Phi) is 2.21. The molecule has 2 aliphatic rings. The van der Waals surface area contributed by atoms with E-state index in [2.05, 4.69) is 5.32 Å². The molecular formula is C16H11NO3. The lowest BCUT2D eigenvalue weighted by atomic mass is 9.99. The monoisotopic (exact) mass is 265 g/mol. The van der Waals surface area contributed by atoms with Crippen molar-refractivity contribution in [2.45, 2.75) is 12.1 Å². The van der Waals surface area contributed by atoms with Crippen LogP contribution in [0.4, 0.5) is 5.69 Å². The molecule has 0 fully saturated rings. The summed E-state index contributed by atoms with van der Waals surface area (Å²) in [6.07, 6.45) is -0.785. The summed E-state index contributed by atoms with van der Waals surface area (Å²) >= 11 is 0. The molecule has 2 aromatic rings. The van der Waals surface area contributed by atoms with Gasteiger partial charge in [0.05, 0.1) is 5.56 Å². The van der Waals surface area contributed by atoms with E-state index in [9.17, 15) is 9.59 Å². The lowest BCUT2D eigenvalue weighted by Gasteiger charge is -2.16. The third kappa shape index (κ3) is 1.42. The Morgan fingerprint density at radius 3 is 2.30 bits per heavy atom. The number of hydrogen-bond acceptors (Lipinski definition) is 4. The first-order valence-corrected chi connectivity index (χ1v) is 6.45. The Bertz CT molecular complexity index is 675. The standard InChI is InChI=1S/C16H11NO3/c18-14-9-5-1-3-7-11(9)17-13(14)16-15(19)10-6-2-4-8-12(10)20-16/h1-8,13,16-17H. The minimum absolute atomic E-state index is 0.0910. The van der Waals surface area contributed by atoms with Crippen molar-refractivity contribution in [2.75, 3.05) is 5.32 Å². The Hall–Kier alpha value is -2.62. The van der Waals surface area contributed by atoms with Gasteiger partial charge in [0.15, 0.2) is 11.9 Å². The van der Waals surface area contributed by atoms with Crippen LogP contribution < -0.4 is 10.1 Å². The maximum absolute atomic E-state index is 12.4. The van der Waals surface area contributed by atoms with Crippen molar-refractivity contribution >= 4 is 17.3 Å². The molecule has 2 aliphatic heterocycles. The van der Waals surface area contributed by atoms with Crippen LogP contribution in [-0.2, 0) is 0 Å². The van der Waals surface area contributed by atoms with Crippen LogP contribution in [0.1, 0.15) is 20.7 Å². The highest BCUT2D eigenvalue weighted by Gasteiger charge is 2.45. The number of ether oxygens (including phenoxy) is 1. The van der Waals surface area contributed by atoms with Crippen molar-refractivity contribution in [3.05, 3.63) is 59.7 Å². The van der Waals surface area contributed by atoms with Gasteiger partial charge in [-0.15, -0.1) is 0 Å². The number of anilines is 1. The molecule has 2 atom stereocenters. The predicted octanol–water partition coefficient (Wildman–Crippen LogP) is 2.31. The maximum atomic E-state index is 12.4. The Labute approximate surface area is 115 Å². The lowest BCUT2D eigenvalue weighted by molar-refractivity contribution is 0.0765. The van der Waals surface area contributed by atoms with Crippen LogP contribution in [0.5, 0.6) is 5.75 Å². The first-order chi connectivity index (χ1) is 9.75. The van der Waals surface area contributed by atoms with E-state index < -0.39 is 12.1 Å². The molecule has 4 nitrogen and oxygen atoms in total. The molecule has 0 aliphatic carbocycles. The summed E-state index contributed by atoms with van der Waals surface area (Å²) in [6.45, 7) is 0. The number of rotatable bonds is 1. The number of hydrogen-bond donors (Lipinski definition) is 1. The molecule has 20 heavy (non-hydrogen) atoms. The van der Waals surface area contributed by atoms with Gasteiger partial charge in [-0.25, -0.2) is 0 Å². The molecule has 0 radical (unpaired) electrons. The Balaban J connectivity index is 1.69. The van der Waals surface area contributed by atoms with Gasteiger partial charge in [-0.3, -0.25) is 9.59 Å². The fourth-order valence-electron chi connectivity index (χ4n) is 2.77. The van der Waals surface area contributed by atoms with Crippen LogP contribution in [-0.4, -0.2) is 23.7 Å². The summed E-state index contributed by atoms with van der Waals surface area (Å²) in [4.78, 5) is 24.7. The van der Waals surface area contributed by atoms with Gasteiger partial charge in [-0.2, -0.15) is 0 Å². The van der Waals surface area contributed by atoms with E-state index in [-0.39, 0.29) is 11.6 Å². The maximum Gasteiger partial charge on any atom is 0.209 e. The van der Waals surface area contributed by atoms with E-state index in [4.69, 9.17) is 4.74 Å². The highest BCUT2D eigenvalue weighted by atomic mass is 16.5. The molecule has 0 spiro atoms. The number of fused-ring (bicyclic) bond motifs is 2. The second kappa shape index (κ2) is 3.93. The molecule has 0 amide bonds. The van der Waals surface area contributed by atoms with Gasteiger partial charge in [0.1, 0.15) is 11.8 Å². The molecule has 1 N–H and O–H groups in total. The quantitative estimate of drug-likeness (QED) is 0.859. The summed E-state index contributed by atoms with van der Waals surface area (Å²) in [6, 6.07) is 13.7. The van der Waals surface area contributed by atoms with E-state index in [1.807, 2.05) is 24.3 Å². The van der Waals surface area contributed by atoms with Crippen molar-refractivity contribution in [1.82, 2.24) is 0 Å². The van der Waals surface area contributed by atoms with Crippen LogP contribution in [0.3, 0.4) is 0 Å². The summed E-state index contributed by atoms with van der Waals surface area (Å²) < 4.78 is 5.67. The Morgan fingerprint density at radius 1 is 0.850 bits per heavy atom. The smallest absolute Gasteiger partial charge is 0.209 e. The molecule has 0 saturated carbocycles. The summed E-state index contributed by atoms with van der Waals surface area (Å²) in [5.41, 5.74) is 1.92. The molecule has 98 valence electrons. The molecule has 0 saturated heterocycles. The lowest BCUT2D eigenvalue weighted by Crippen LogP contribution is -2.42. The first-order valence-electron chi connectivity index (χ1n) is 6.45. The summed E-state index contributed by atoms with van der Waals surface area (Å²) in [5, 5.41) is 3.10. The minimum atomic E-state index is -0.785. The molecule has 4 heteroatoms. The highest BCUT2D eigenvalue weighted by molar-refractivity contribution is 6.16. The molecule has 0 bridgehead atoms. The first kappa shape index (κ1) is 11.2.